The Labute approximate surface area is 130 Å². The van der Waals surface area contributed by atoms with Gasteiger partial charge in [-0.15, -0.1) is 10.2 Å². The molecule has 1 unspecified atom stereocenters. The molecule has 1 saturated heterocycles. The standard InChI is InChI=1S/C12H17N3O4S2/c16-9(5-4-8-3-1-2-6-19-8)13-11-14-15-12(21-11)20-7-10(17)18/h8H,1-7H2,(H,17,18)(H,13,14,16). The lowest BCUT2D eigenvalue weighted by molar-refractivity contribution is -0.133. The Hall–Kier alpha value is -1.19. The Morgan fingerprint density at radius 2 is 2.29 bits per heavy atom. The molecule has 0 aliphatic carbocycles. The minimum atomic E-state index is -0.909. The number of nitrogens with zero attached hydrogens (tertiary/aromatic N) is 2. The van der Waals surface area contributed by atoms with Crippen LogP contribution in [0.25, 0.3) is 0 Å². The zero-order valence-corrected chi connectivity index (χ0v) is 13.0. The van der Waals surface area contributed by atoms with E-state index in [2.05, 4.69) is 15.5 Å². The van der Waals surface area contributed by atoms with Crippen molar-refractivity contribution in [3.8, 4) is 0 Å². The molecule has 1 aliphatic heterocycles. The Balaban J connectivity index is 1.70. The van der Waals surface area contributed by atoms with Gasteiger partial charge in [0.05, 0.1) is 11.9 Å². The van der Waals surface area contributed by atoms with Crippen molar-refractivity contribution < 1.29 is 19.4 Å². The molecular weight excluding hydrogens is 314 g/mol. The normalized spacial score (nSPS) is 18.4. The van der Waals surface area contributed by atoms with Crippen LogP contribution < -0.4 is 5.32 Å². The monoisotopic (exact) mass is 331 g/mol. The zero-order valence-electron chi connectivity index (χ0n) is 11.4. The van der Waals surface area contributed by atoms with E-state index >= 15 is 0 Å². The molecule has 1 aromatic rings. The van der Waals surface area contributed by atoms with Gasteiger partial charge in [0.25, 0.3) is 0 Å². The lowest BCUT2D eigenvalue weighted by Gasteiger charge is -2.21. The molecule has 7 nitrogen and oxygen atoms in total. The molecule has 0 spiro atoms. The highest BCUT2D eigenvalue weighted by Crippen LogP contribution is 2.25. The fraction of sp³-hybridized carbons (Fsp3) is 0.667. The number of nitrogens with one attached hydrogen (secondary N) is 1. The number of hydrogen-bond acceptors (Lipinski definition) is 7. The highest BCUT2D eigenvalue weighted by molar-refractivity contribution is 8.01. The van der Waals surface area contributed by atoms with E-state index in [4.69, 9.17) is 9.84 Å². The lowest BCUT2D eigenvalue weighted by Crippen LogP contribution is -2.21. The summed E-state index contributed by atoms with van der Waals surface area (Å²) in [4.78, 5) is 22.2. The number of aliphatic carboxylic acids is 1. The van der Waals surface area contributed by atoms with Crippen LogP contribution in [-0.2, 0) is 14.3 Å². The van der Waals surface area contributed by atoms with Crippen molar-refractivity contribution in [2.45, 2.75) is 42.5 Å². The van der Waals surface area contributed by atoms with E-state index in [1.54, 1.807) is 0 Å². The first kappa shape index (κ1) is 16.2. The third kappa shape index (κ3) is 5.98. The van der Waals surface area contributed by atoms with Crippen LogP contribution in [0.2, 0.25) is 0 Å². The molecule has 1 aliphatic rings. The quantitative estimate of drug-likeness (QED) is 0.582. The number of hydrogen-bond donors (Lipinski definition) is 2. The first-order chi connectivity index (χ1) is 10.1. The van der Waals surface area contributed by atoms with Crippen LogP contribution in [0.1, 0.15) is 32.1 Å². The topological polar surface area (TPSA) is 101 Å². The molecule has 1 atom stereocenters. The largest absolute Gasteiger partial charge is 0.481 e. The summed E-state index contributed by atoms with van der Waals surface area (Å²) in [6.07, 6.45) is 4.56. The third-order valence-corrected chi connectivity index (χ3v) is 4.90. The molecule has 9 heteroatoms. The van der Waals surface area contributed by atoms with Gasteiger partial charge in [-0.3, -0.25) is 9.59 Å². The smallest absolute Gasteiger partial charge is 0.313 e. The van der Waals surface area contributed by atoms with Crippen molar-refractivity contribution >= 4 is 40.1 Å². The number of carboxylic acid groups (broad SMARTS) is 1. The highest BCUT2D eigenvalue weighted by Gasteiger charge is 2.16. The van der Waals surface area contributed by atoms with Gasteiger partial charge in [0, 0.05) is 13.0 Å². The number of carbonyl (C=O) groups excluding carboxylic acids is 1. The van der Waals surface area contributed by atoms with E-state index in [0.29, 0.717) is 22.3 Å². The van der Waals surface area contributed by atoms with Gasteiger partial charge in [0.1, 0.15) is 0 Å². The molecule has 0 radical (unpaired) electrons. The predicted molar refractivity (Wildman–Crippen MR) is 79.7 cm³/mol. The molecule has 21 heavy (non-hydrogen) atoms. The first-order valence-corrected chi connectivity index (χ1v) is 8.53. The van der Waals surface area contributed by atoms with Gasteiger partial charge in [-0.2, -0.15) is 0 Å². The van der Waals surface area contributed by atoms with Gasteiger partial charge in [0.15, 0.2) is 4.34 Å². The number of rotatable bonds is 7. The molecule has 1 fully saturated rings. The number of thioether (sulfide) groups is 1. The fourth-order valence-electron chi connectivity index (χ4n) is 1.95. The Morgan fingerprint density at radius 3 is 3.00 bits per heavy atom. The van der Waals surface area contributed by atoms with E-state index in [-0.39, 0.29) is 17.8 Å². The second-order valence-electron chi connectivity index (χ2n) is 4.63. The van der Waals surface area contributed by atoms with Gasteiger partial charge >= 0.3 is 5.97 Å². The molecule has 2 N–H and O–H groups in total. The molecule has 116 valence electrons. The molecular formula is C12H17N3O4S2. The number of ether oxygens (including phenoxy) is 1. The van der Waals surface area contributed by atoms with Crippen molar-refractivity contribution in [3.63, 3.8) is 0 Å². The van der Waals surface area contributed by atoms with E-state index in [0.717, 1.165) is 37.6 Å². The second kappa shape index (κ2) is 8.30. The van der Waals surface area contributed by atoms with Crippen molar-refractivity contribution in [2.75, 3.05) is 17.7 Å². The molecule has 0 saturated carbocycles. The molecule has 0 bridgehead atoms. The number of amides is 1. The number of carboxylic acids is 1. The van der Waals surface area contributed by atoms with Crippen LogP contribution in [0.4, 0.5) is 5.13 Å². The van der Waals surface area contributed by atoms with Crippen LogP contribution in [-0.4, -0.2) is 45.6 Å². The van der Waals surface area contributed by atoms with Gasteiger partial charge < -0.3 is 15.2 Å². The maximum atomic E-state index is 11.8. The number of anilines is 1. The number of carbonyl (C=O) groups is 2. The van der Waals surface area contributed by atoms with E-state index in [1.165, 1.54) is 11.3 Å². The molecule has 1 amide bonds. The SMILES string of the molecule is O=C(O)CSc1nnc(NC(=O)CCC2CCCCO2)s1. The van der Waals surface area contributed by atoms with Crippen LogP contribution in [0.5, 0.6) is 0 Å². The van der Waals surface area contributed by atoms with Crippen molar-refractivity contribution in [3.05, 3.63) is 0 Å². The minimum Gasteiger partial charge on any atom is -0.481 e. The Morgan fingerprint density at radius 1 is 1.43 bits per heavy atom. The summed E-state index contributed by atoms with van der Waals surface area (Å²) in [7, 11) is 0. The second-order valence-corrected chi connectivity index (χ2v) is 6.83. The fourth-order valence-corrected chi connectivity index (χ4v) is 3.44. The van der Waals surface area contributed by atoms with Crippen LogP contribution in [0, 0.1) is 0 Å². The minimum absolute atomic E-state index is 0.0679. The summed E-state index contributed by atoms with van der Waals surface area (Å²) in [5.74, 6) is -1.09. The summed E-state index contributed by atoms with van der Waals surface area (Å²) < 4.78 is 6.10. The molecule has 2 heterocycles. The summed E-state index contributed by atoms with van der Waals surface area (Å²) >= 11 is 2.27. The van der Waals surface area contributed by atoms with Gasteiger partial charge in [-0.05, 0) is 25.7 Å². The maximum absolute atomic E-state index is 11.8. The van der Waals surface area contributed by atoms with E-state index in [9.17, 15) is 9.59 Å². The van der Waals surface area contributed by atoms with Gasteiger partial charge in [-0.25, -0.2) is 0 Å². The van der Waals surface area contributed by atoms with Crippen molar-refractivity contribution in [1.29, 1.82) is 0 Å². The van der Waals surface area contributed by atoms with E-state index in [1.807, 2.05) is 0 Å². The number of aromatic nitrogens is 2. The average molecular weight is 331 g/mol. The van der Waals surface area contributed by atoms with Crippen molar-refractivity contribution in [1.82, 2.24) is 10.2 Å². The molecule has 2 rings (SSSR count). The van der Waals surface area contributed by atoms with Crippen LogP contribution in [0.15, 0.2) is 4.34 Å². The summed E-state index contributed by atoms with van der Waals surface area (Å²) in [5.41, 5.74) is 0. The highest BCUT2D eigenvalue weighted by atomic mass is 32.2. The van der Waals surface area contributed by atoms with E-state index < -0.39 is 5.97 Å². The van der Waals surface area contributed by atoms with Gasteiger partial charge in [-0.1, -0.05) is 23.1 Å². The Bertz CT molecular complexity index is 489. The first-order valence-electron chi connectivity index (χ1n) is 6.73. The zero-order chi connectivity index (χ0) is 15.1. The predicted octanol–water partition coefficient (Wildman–Crippen LogP) is 2.00. The van der Waals surface area contributed by atoms with Gasteiger partial charge in [0.2, 0.25) is 11.0 Å². The Kier molecular flexibility index (Phi) is 6.40. The summed E-state index contributed by atoms with van der Waals surface area (Å²) in [5, 5.41) is 19.3. The lowest BCUT2D eigenvalue weighted by atomic mass is 10.0. The molecule has 0 aromatic carbocycles. The van der Waals surface area contributed by atoms with Crippen molar-refractivity contribution in [2.24, 2.45) is 0 Å². The van der Waals surface area contributed by atoms with Crippen LogP contribution in [0.3, 0.4) is 0 Å². The average Bonchev–Trinajstić information content (AvgIpc) is 2.91. The maximum Gasteiger partial charge on any atom is 0.313 e. The third-order valence-electron chi connectivity index (χ3n) is 2.94. The summed E-state index contributed by atoms with van der Waals surface area (Å²) in [6.45, 7) is 0.785. The van der Waals surface area contributed by atoms with Crippen LogP contribution >= 0.6 is 23.1 Å². The molecule has 1 aromatic heterocycles. The summed E-state index contributed by atoms with van der Waals surface area (Å²) in [6, 6.07) is 0.